The SMILES string of the molecule is CCOc1cc(/C=C2/NC(=O)N(CC)C2=O)cc(I)c1OCc1cccc(F)c1. The van der Waals surface area contributed by atoms with Crippen LogP contribution in [0.15, 0.2) is 42.1 Å². The zero-order valence-electron chi connectivity index (χ0n) is 16.0. The molecular formula is C21H20FIN2O4. The van der Waals surface area contributed by atoms with Crippen LogP contribution in [0.2, 0.25) is 0 Å². The van der Waals surface area contributed by atoms with Crippen LogP contribution in [-0.4, -0.2) is 30.0 Å². The highest BCUT2D eigenvalue weighted by atomic mass is 127. The van der Waals surface area contributed by atoms with Gasteiger partial charge in [0.15, 0.2) is 11.5 Å². The van der Waals surface area contributed by atoms with E-state index < -0.39 is 6.03 Å². The van der Waals surface area contributed by atoms with Gasteiger partial charge in [0.05, 0.1) is 10.2 Å². The Morgan fingerprint density at radius 1 is 1.17 bits per heavy atom. The molecule has 3 rings (SSSR count). The van der Waals surface area contributed by atoms with Gasteiger partial charge < -0.3 is 14.8 Å². The fourth-order valence-corrected chi connectivity index (χ4v) is 3.66. The molecule has 152 valence electrons. The molecule has 1 heterocycles. The van der Waals surface area contributed by atoms with Crippen molar-refractivity contribution in [3.8, 4) is 11.5 Å². The summed E-state index contributed by atoms with van der Waals surface area (Å²) >= 11 is 2.12. The summed E-state index contributed by atoms with van der Waals surface area (Å²) < 4.78 is 25.8. The Morgan fingerprint density at radius 2 is 1.97 bits per heavy atom. The van der Waals surface area contributed by atoms with Crippen LogP contribution in [-0.2, 0) is 11.4 Å². The fraction of sp³-hybridized carbons (Fsp3) is 0.238. The van der Waals surface area contributed by atoms with Crippen LogP contribution in [0.1, 0.15) is 25.0 Å². The topological polar surface area (TPSA) is 67.9 Å². The van der Waals surface area contributed by atoms with Gasteiger partial charge in [-0.3, -0.25) is 9.69 Å². The molecule has 0 aliphatic carbocycles. The second-order valence-corrected chi connectivity index (χ2v) is 7.38. The smallest absolute Gasteiger partial charge is 0.328 e. The molecule has 1 saturated heterocycles. The van der Waals surface area contributed by atoms with Crippen LogP contribution in [0.5, 0.6) is 11.5 Å². The molecule has 1 aliphatic heterocycles. The molecule has 1 fully saturated rings. The summed E-state index contributed by atoms with van der Waals surface area (Å²) in [5, 5.41) is 2.58. The number of carbonyl (C=O) groups excluding carboxylic acids is 2. The third-order valence-electron chi connectivity index (χ3n) is 4.19. The maximum absolute atomic E-state index is 13.4. The first-order chi connectivity index (χ1) is 13.9. The second kappa shape index (κ2) is 9.25. The summed E-state index contributed by atoms with van der Waals surface area (Å²) in [7, 11) is 0. The minimum Gasteiger partial charge on any atom is -0.490 e. The van der Waals surface area contributed by atoms with Gasteiger partial charge in [0, 0.05) is 6.54 Å². The van der Waals surface area contributed by atoms with Crippen LogP contribution in [0, 0.1) is 9.39 Å². The van der Waals surface area contributed by atoms with E-state index in [-0.39, 0.29) is 24.0 Å². The van der Waals surface area contributed by atoms with Crippen molar-refractivity contribution in [3.63, 3.8) is 0 Å². The second-order valence-electron chi connectivity index (χ2n) is 6.22. The van der Waals surface area contributed by atoms with E-state index in [4.69, 9.17) is 9.47 Å². The molecule has 0 bridgehead atoms. The summed E-state index contributed by atoms with van der Waals surface area (Å²) in [5.74, 6) is 0.358. The number of amides is 3. The maximum atomic E-state index is 13.4. The molecule has 0 aromatic heterocycles. The highest BCUT2D eigenvalue weighted by Crippen LogP contribution is 2.35. The fourth-order valence-electron chi connectivity index (χ4n) is 2.88. The first kappa shape index (κ1) is 21.1. The lowest BCUT2D eigenvalue weighted by atomic mass is 10.1. The predicted octanol–water partition coefficient (Wildman–Crippen LogP) is 4.32. The average Bonchev–Trinajstić information content (AvgIpc) is 2.94. The number of nitrogens with one attached hydrogen (secondary N) is 1. The molecule has 3 amide bonds. The van der Waals surface area contributed by atoms with E-state index in [0.29, 0.717) is 35.8 Å². The highest BCUT2D eigenvalue weighted by Gasteiger charge is 2.32. The quantitative estimate of drug-likeness (QED) is 0.343. The maximum Gasteiger partial charge on any atom is 0.328 e. The number of hydrogen-bond donors (Lipinski definition) is 1. The largest absolute Gasteiger partial charge is 0.490 e. The van der Waals surface area contributed by atoms with Crippen molar-refractivity contribution in [2.24, 2.45) is 0 Å². The summed E-state index contributed by atoms with van der Waals surface area (Å²) in [4.78, 5) is 25.3. The Bertz CT molecular complexity index is 977. The Kier molecular flexibility index (Phi) is 6.73. The lowest BCUT2D eigenvalue weighted by Gasteiger charge is -2.15. The van der Waals surface area contributed by atoms with Crippen molar-refractivity contribution in [1.29, 1.82) is 0 Å². The van der Waals surface area contributed by atoms with Crippen LogP contribution in [0.3, 0.4) is 0 Å². The first-order valence-electron chi connectivity index (χ1n) is 9.11. The van der Waals surface area contributed by atoms with E-state index in [1.54, 1.807) is 31.2 Å². The van der Waals surface area contributed by atoms with Crippen LogP contribution in [0.4, 0.5) is 9.18 Å². The van der Waals surface area contributed by atoms with Gasteiger partial charge in [-0.25, -0.2) is 9.18 Å². The number of urea groups is 1. The van der Waals surface area contributed by atoms with E-state index in [9.17, 15) is 14.0 Å². The summed E-state index contributed by atoms with van der Waals surface area (Å²) in [6.45, 7) is 4.51. The Hall–Kier alpha value is -2.62. The normalized spacial score (nSPS) is 15.0. The van der Waals surface area contributed by atoms with Gasteiger partial charge in [0.1, 0.15) is 18.1 Å². The number of ether oxygens (including phenoxy) is 2. The lowest BCUT2D eigenvalue weighted by molar-refractivity contribution is -0.122. The van der Waals surface area contributed by atoms with Crippen molar-refractivity contribution < 1.29 is 23.5 Å². The minimum absolute atomic E-state index is 0.189. The van der Waals surface area contributed by atoms with E-state index in [1.165, 1.54) is 12.1 Å². The molecule has 0 unspecified atom stereocenters. The molecule has 29 heavy (non-hydrogen) atoms. The Labute approximate surface area is 181 Å². The minimum atomic E-state index is -0.432. The van der Waals surface area contributed by atoms with Crippen molar-refractivity contribution in [2.75, 3.05) is 13.2 Å². The van der Waals surface area contributed by atoms with Crippen molar-refractivity contribution in [3.05, 3.63) is 62.6 Å². The summed E-state index contributed by atoms with van der Waals surface area (Å²) in [5.41, 5.74) is 1.61. The van der Waals surface area contributed by atoms with E-state index in [2.05, 4.69) is 27.9 Å². The molecule has 0 radical (unpaired) electrons. The van der Waals surface area contributed by atoms with E-state index in [1.807, 2.05) is 13.0 Å². The molecule has 6 nitrogen and oxygen atoms in total. The number of benzene rings is 2. The Balaban J connectivity index is 1.87. The third-order valence-corrected chi connectivity index (χ3v) is 4.99. The number of carbonyl (C=O) groups is 2. The molecule has 2 aromatic carbocycles. The van der Waals surface area contributed by atoms with Gasteiger partial charge in [-0.1, -0.05) is 12.1 Å². The molecule has 0 atom stereocenters. The molecule has 0 saturated carbocycles. The van der Waals surface area contributed by atoms with Crippen molar-refractivity contribution in [2.45, 2.75) is 20.5 Å². The predicted molar refractivity (Wildman–Crippen MR) is 115 cm³/mol. The highest BCUT2D eigenvalue weighted by molar-refractivity contribution is 14.1. The number of halogens is 2. The van der Waals surface area contributed by atoms with Crippen molar-refractivity contribution >= 4 is 40.6 Å². The zero-order chi connectivity index (χ0) is 21.0. The van der Waals surface area contributed by atoms with Gasteiger partial charge in [0.25, 0.3) is 5.91 Å². The third kappa shape index (κ3) is 4.87. The first-order valence-corrected chi connectivity index (χ1v) is 10.2. The van der Waals surface area contributed by atoms with Crippen molar-refractivity contribution in [1.82, 2.24) is 10.2 Å². The van der Waals surface area contributed by atoms with Gasteiger partial charge in [-0.05, 0) is 77.9 Å². The summed E-state index contributed by atoms with van der Waals surface area (Å²) in [6.07, 6.45) is 1.61. The monoisotopic (exact) mass is 510 g/mol. The van der Waals surface area contributed by atoms with Gasteiger partial charge in [0.2, 0.25) is 0 Å². The molecule has 1 aliphatic rings. The average molecular weight is 510 g/mol. The number of hydrogen-bond acceptors (Lipinski definition) is 4. The van der Waals surface area contributed by atoms with E-state index in [0.717, 1.165) is 8.47 Å². The number of likely N-dealkylation sites (N-methyl/N-ethyl adjacent to an activating group) is 1. The van der Waals surface area contributed by atoms with Gasteiger partial charge in [-0.2, -0.15) is 0 Å². The summed E-state index contributed by atoms with van der Waals surface area (Å²) in [6, 6.07) is 9.34. The van der Waals surface area contributed by atoms with E-state index >= 15 is 0 Å². The molecular weight excluding hydrogens is 490 g/mol. The molecule has 8 heteroatoms. The zero-order valence-corrected chi connectivity index (χ0v) is 18.2. The lowest BCUT2D eigenvalue weighted by Crippen LogP contribution is -2.30. The number of nitrogens with zero attached hydrogens (tertiary/aromatic N) is 1. The van der Waals surface area contributed by atoms with Crippen LogP contribution >= 0.6 is 22.6 Å². The standard InChI is InChI=1S/C21H20FIN2O4/c1-3-25-20(26)17(24-21(25)27)10-14-9-16(23)19(18(11-14)28-4-2)29-12-13-6-5-7-15(22)8-13/h5-11H,3-4,12H2,1-2H3,(H,24,27)/b17-10+. The van der Waals surface area contributed by atoms with Crippen LogP contribution < -0.4 is 14.8 Å². The molecule has 2 aromatic rings. The molecule has 0 spiro atoms. The number of rotatable bonds is 7. The molecule has 1 N–H and O–H groups in total. The van der Waals surface area contributed by atoms with Crippen LogP contribution in [0.25, 0.3) is 6.08 Å². The number of imide groups is 1. The van der Waals surface area contributed by atoms with Gasteiger partial charge >= 0.3 is 6.03 Å². The Morgan fingerprint density at radius 3 is 2.62 bits per heavy atom. The van der Waals surface area contributed by atoms with Gasteiger partial charge in [-0.15, -0.1) is 0 Å².